The SMILES string of the molecule is CCN(CC)C(=O)Nc1ccc2oc(C)nc2c1. The van der Waals surface area contributed by atoms with E-state index in [1.165, 1.54) is 0 Å². The number of hydrogen-bond acceptors (Lipinski definition) is 3. The van der Waals surface area contributed by atoms with Gasteiger partial charge in [0.1, 0.15) is 5.52 Å². The van der Waals surface area contributed by atoms with E-state index in [1.54, 1.807) is 11.8 Å². The van der Waals surface area contributed by atoms with Gasteiger partial charge in [-0.05, 0) is 32.0 Å². The average molecular weight is 247 g/mol. The van der Waals surface area contributed by atoms with Gasteiger partial charge in [0.25, 0.3) is 0 Å². The monoisotopic (exact) mass is 247 g/mol. The lowest BCUT2D eigenvalue weighted by molar-refractivity contribution is 0.217. The second-order valence-corrected chi connectivity index (χ2v) is 4.02. The summed E-state index contributed by atoms with van der Waals surface area (Å²) in [6.45, 7) is 7.08. The summed E-state index contributed by atoms with van der Waals surface area (Å²) in [6.07, 6.45) is 0. The van der Waals surface area contributed by atoms with E-state index in [1.807, 2.05) is 32.0 Å². The minimum absolute atomic E-state index is 0.0976. The lowest BCUT2D eigenvalue weighted by Gasteiger charge is -2.19. The summed E-state index contributed by atoms with van der Waals surface area (Å²) < 4.78 is 5.38. The molecule has 2 aromatic rings. The molecule has 0 aliphatic rings. The van der Waals surface area contributed by atoms with Crippen LogP contribution in [0.4, 0.5) is 10.5 Å². The van der Waals surface area contributed by atoms with Crippen LogP contribution in [0.5, 0.6) is 0 Å². The van der Waals surface area contributed by atoms with Gasteiger partial charge in [0.05, 0.1) is 0 Å². The third-order valence-electron chi connectivity index (χ3n) is 2.80. The molecule has 0 saturated heterocycles. The molecular weight excluding hydrogens is 230 g/mol. The van der Waals surface area contributed by atoms with Gasteiger partial charge in [0.2, 0.25) is 0 Å². The molecule has 0 saturated carbocycles. The molecule has 18 heavy (non-hydrogen) atoms. The second-order valence-electron chi connectivity index (χ2n) is 4.02. The third kappa shape index (κ3) is 2.45. The zero-order chi connectivity index (χ0) is 13.1. The van der Waals surface area contributed by atoms with Crippen LogP contribution in [0.25, 0.3) is 11.1 Å². The number of carbonyl (C=O) groups is 1. The van der Waals surface area contributed by atoms with Gasteiger partial charge in [-0.15, -0.1) is 0 Å². The van der Waals surface area contributed by atoms with Crippen LogP contribution in [-0.4, -0.2) is 29.0 Å². The molecule has 0 aliphatic heterocycles. The van der Waals surface area contributed by atoms with Crippen molar-refractivity contribution in [2.24, 2.45) is 0 Å². The number of anilines is 1. The Morgan fingerprint density at radius 2 is 2.11 bits per heavy atom. The standard InChI is InChI=1S/C13H17N3O2/c1-4-16(5-2)13(17)15-10-6-7-12-11(8-10)14-9(3)18-12/h6-8H,4-5H2,1-3H3,(H,15,17). The Morgan fingerprint density at radius 3 is 2.78 bits per heavy atom. The number of urea groups is 1. The van der Waals surface area contributed by atoms with E-state index < -0.39 is 0 Å². The molecule has 0 aliphatic carbocycles. The van der Waals surface area contributed by atoms with Crippen molar-refractivity contribution in [1.29, 1.82) is 0 Å². The normalized spacial score (nSPS) is 10.6. The highest BCUT2D eigenvalue weighted by atomic mass is 16.3. The highest BCUT2D eigenvalue weighted by Gasteiger charge is 2.10. The van der Waals surface area contributed by atoms with Gasteiger partial charge in [0, 0.05) is 25.7 Å². The fourth-order valence-corrected chi connectivity index (χ4v) is 1.83. The minimum atomic E-state index is -0.0976. The van der Waals surface area contributed by atoms with Crippen molar-refractivity contribution >= 4 is 22.8 Å². The molecule has 0 unspecified atom stereocenters. The Kier molecular flexibility index (Phi) is 3.50. The number of benzene rings is 1. The van der Waals surface area contributed by atoms with Gasteiger partial charge in [-0.3, -0.25) is 0 Å². The largest absolute Gasteiger partial charge is 0.441 e. The van der Waals surface area contributed by atoms with Crippen LogP contribution in [0.1, 0.15) is 19.7 Å². The lowest BCUT2D eigenvalue weighted by atomic mass is 10.3. The lowest BCUT2D eigenvalue weighted by Crippen LogP contribution is -2.34. The summed E-state index contributed by atoms with van der Waals surface area (Å²) in [6, 6.07) is 5.34. The molecule has 2 rings (SSSR count). The summed E-state index contributed by atoms with van der Waals surface area (Å²) in [5, 5.41) is 2.85. The Labute approximate surface area is 106 Å². The fraction of sp³-hybridized carbons (Fsp3) is 0.385. The van der Waals surface area contributed by atoms with Crippen molar-refractivity contribution in [3.05, 3.63) is 24.1 Å². The smallest absolute Gasteiger partial charge is 0.321 e. The first-order valence-electron chi connectivity index (χ1n) is 6.07. The summed E-state index contributed by atoms with van der Waals surface area (Å²) >= 11 is 0. The van der Waals surface area contributed by atoms with E-state index in [9.17, 15) is 4.79 Å². The molecule has 5 heteroatoms. The van der Waals surface area contributed by atoms with Crippen molar-refractivity contribution in [2.45, 2.75) is 20.8 Å². The molecule has 0 spiro atoms. The zero-order valence-corrected chi connectivity index (χ0v) is 10.9. The number of aryl methyl sites for hydroxylation is 1. The van der Waals surface area contributed by atoms with Gasteiger partial charge < -0.3 is 14.6 Å². The van der Waals surface area contributed by atoms with Gasteiger partial charge in [-0.1, -0.05) is 0 Å². The molecular formula is C13H17N3O2. The van der Waals surface area contributed by atoms with Gasteiger partial charge in [0.15, 0.2) is 11.5 Å². The zero-order valence-electron chi connectivity index (χ0n) is 10.9. The Morgan fingerprint density at radius 1 is 1.39 bits per heavy atom. The van der Waals surface area contributed by atoms with E-state index >= 15 is 0 Å². The van der Waals surface area contributed by atoms with Gasteiger partial charge >= 0.3 is 6.03 Å². The minimum Gasteiger partial charge on any atom is -0.441 e. The molecule has 0 bridgehead atoms. The first kappa shape index (κ1) is 12.4. The Hall–Kier alpha value is -2.04. The number of rotatable bonds is 3. The van der Waals surface area contributed by atoms with E-state index in [-0.39, 0.29) is 6.03 Å². The van der Waals surface area contributed by atoms with Gasteiger partial charge in [-0.2, -0.15) is 0 Å². The van der Waals surface area contributed by atoms with Crippen molar-refractivity contribution < 1.29 is 9.21 Å². The predicted octanol–water partition coefficient (Wildman–Crippen LogP) is 3.01. The fourth-order valence-electron chi connectivity index (χ4n) is 1.83. The molecule has 1 heterocycles. The molecule has 0 fully saturated rings. The van der Waals surface area contributed by atoms with Crippen LogP contribution in [0, 0.1) is 6.92 Å². The molecule has 0 atom stereocenters. The Balaban J connectivity index is 2.18. The quantitative estimate of drug-likeness (QED) is 0.907. The molecule has 1 aromatic carbocycles. The average Bonchev–Trinajstić information content (AvgIpc) is 2.70. The molecule has 0 radical (unpaired) electrons. The number of nitrogens with zero attached hydrogens (tertiary/aromatic N) is 2. The van der Waals surface area contributed by atoms with E-state index in [4.69, 9.17) is 4.42 Å². The number of nitrogens with one attached hydrogen (secondary N) is 1. The van der Waals surface area contributed by atoms with Crippen LogP contribution >= 0.6 is 0 Å². The summed E-state index contributed by atoms with van der Waals surface area (Å²) in [5.74, 6) is 0.622. The maximum Gasteiger partial charge on any atom is 0.321 e. The van der Waals surface area contributed by atoms with Crippen LogP contribution in [0.3, 0.4) is 0 Å². The maximum absolute atomic E-state index is 11.9. The van der Waals surface area contributed by atoms with Crippen molar-refractivity contribution in [3.8, 4) is 0 Å². The number of hydrogen-bond donors (Lipinski definition) is 1. The van der Waals surface area contributed by atoms with E-state index in [2.05, 4.69) is 10.3 Å². The maximum atomic E-state index is 11.9. The number of amides is 2. The van der Waals surface area contributed by atoms with Crippen LogP contribution in [-0.2, 0) is 0 Å². The van der Waals surface area contributed by atoms with Crippen molar-refractivity contribution in [2.75, 3.05) is 18.4 Å². The molecule has 1 aromatic heterocycles. The summed E-state index contributed by atoms with van der Waals surface area (Å²) in [5.41, 5.74) is 2.21. The first-order valence-corrected chi connectivity index (χ1v) is 6.07. The van der Waals surface area contributed by atoms with E-state index in [0.29, 0.717) is 19.0 Å². The number of carbonyl (C=O) groups excluding carboxylic acids is 1. The number of aromatic nitrogens is 1. The Bertz CT molecular complexity index is 558. The molecule has 2 amide bonds. The highest BCUT2D eigenvalue weighted by molar-refractivity contribution is 5.91. The van der Waals surface area contributed by atoms with Crippen LogP contribution in [0.15, 0.2) is 22.6 Å². The number of fused-ring (bicyclic) bond motifs is 1. The van der Waals surface area contributed by atoms with Gasteiger partial charge in [-0.25, -0.2) is 9.78 Å². The first-order chi connectivity index (χ1) is 8.63. The summed E-state index contributed by atoms with van der Waals surface area (Å²) in [4.78, 5) is 17.8. The summed E-state index contributed by atoms with van der Waals surface area (Å²) in [7, 11) is 0. The van der Waals surface area contributed by atoms with Crippen molar-refractivity contribution in [3.63, 3.8) is 0 Å². The van der Waals surface area contributed by atoms with Crippen LogP contribution < -0.4 is 5.32 Å². The second kappa shape index (κ2) is 5.08. The topological polar surface area (TPSA) is 58.4 Å². The molecule has 96 valence electrons. The highest BCUT2D eigenvalue weighted by Crippen LogP contribution is 2.19. The number of oxazole rings is 1. The molecule has 5 nitrogen and oxygen atoms in total. The van der Waals surface area contributed by atoms with Crippen LogP contribution in [0.2, 0.25) is 0 Å². The van der Waals surface area contributed by atoms with E-state index in [0.717, 1.165) is 16.8 Å². The van der Waals surface area contributed by atoms with Crippen molar-refractivity contribution in [1.82, 2.24) is 9.88 Å². The molecule has 1 N–H and O–H groups in total. The third-order valence-corrected chi connectivity index (χ3v) is 2.80. The predicted molar refractivity (Wildman–Crippen MR) is 70.7 cm³/mol.